The molecule has 0 fully saturated rings. The number of halogens is 1. The second kappa shape index (κ2) is 9.08. The summed E-state index contributed by atoms with van der Waals surface area (Å²) in [4.78, 5) is 6.66. The molecule has 1 N–H and O–H groups in total. The Hall–Kier alpha value is -3.26. The molecule has 4 rings (SSSR count). The van der Waals surface area contributed by atoms with E-state index in [4.69, 9.17) is 21.5 Å². The zero-order chi connectivity index (χ0) is 22.8. The predicted molar refractivity (Wildman–Crippen MR) is 125 cm³/mol. The molecule has 1 unspecified atom stereocenters. The van der Waals surface area contributed by atoms with Crippen molar-refractivity contribution in [2.45, 2.75) is 26.8 Å². The van der Waals surface area contributed by atoms with Gasteiger partial charge in [-0.05, 0) is 54.9 Å². The fourth-order valence-electron chi connectivity index (χ4n) is 3.79. The molecule has 1 aromatic heterocycles. The standard InChI is InChI=1S/C24H25FN4O2S/c1-14(2)13-29-15(3)20(21(26-24(29)32)16-7-6-10-19(12-16)30-4)23-27-22(28-31-23)17-8-5-9-18(25)11-17/h5-12,14,21H,13H2,1-4H3,(H,26,32). The van der Waals surface area contributed by atoms with E-state index < -0.39 is 0 Å². The monoisotopic (exact) mass is 452 g/mol. The van der Waals surface area contributed by atoms with E-state index in [2.05, 4.69) is 34.2 Å². The molecule has 1 aliphatic heterocycles. The molecule has 0 saturated heterocycles. The van der Waals surface area contributed by atoms with E-state index in [1.54, 1.807) is 19.2 Å². The zero-order valence-electron chi connectivity index (χ0n) is 18.4. The molecule has 1 atom stereocenters. The first kappa shape index (κ1) is 22.0. The maximum absolute atomic E-state index is 13.7. The average molecular weight is 453 g/mol. The quantitative estimate of drug-likeness (QED) is 0.516. The first-order valence-corrected chi connectivity index (χ1v) is 10.8. The van der Waals surface area contributed by atoms with Crippen LogP contribution in [0.25, 0.3) is 17.0 Å². The number of benzene rings is 2. The molecule has 0 spiro atoms. The largest absolute Gasteiger partial charge is 0.497 e. The SMILES string of the molecule is COc1cccc(C2NC(=S)N(CC(C)C)C(C)=C2c2nc(-c3cccc(F)c3)no2)c1. The molecule has 1 aliphatic rings. The first-order valence-electron chi connectivity index (χ1n) is 10.4. The molecule has 0 aliphatic carbocycles. The molecular weight excluding hydrogens is 427 g/mol. The van der Waals surface area contributed by atoms with Crippen LogP contribution in [0.5, 0.6) is 5.75 Å². The van der Waals surface area contributed by atoms with E-state index in [0.717, 1.165) is 29.1 Å². The van der Waals surface area contributed by atoms with Crippen LogP contribution in [-0.4, -0.2) is 33.8 Å². The first-order chi connectivity index (χ1) is 15.4. The van der Waals surface area contributed by atoms with Gasteiger partial charge in [-0.2, -0.15) is 4.98 Å². The lowest BCUT2D eigenvalue weighted by Gasteiger charge is -2.38. The summed E-state index contributed by atoms with van der Waals surface area (Å²) in [6.07, 6.45) is 0. The Morgan fingerprint density at radius 2 is 2.00 bits per heavy atom. The maximum Gasteiger partial charge on any atom is 0.258 e. The number of hydrogen-bond acceptors (Lipinski definition) is 5. The number of allylic oxidation sites excluding steroid dienone is 1. The summed E-state index contributed by atoms with van der Waals surface area (Å²) in [6, 6.07) is 13.6. The number of rotatable bonds is 6. The van der Waals surface area contributed by atoms with Gasteiger partial charge in [-0.3, -0.25) is 0 Å². The normalized spacial score (nSPS) is 16.5. The van der Waals surface area contributed by atoms with Crippen molar-refractivity contribution in [3.63, 3.8) is 0 Å². The smallest absolute Gasteiger partial charge is 0.258 e. The van der Waals surface area contributed by atoms with E-state index in [1.165, 1.54) is 12.1 Å². The Bertz CT molecular complexity index is 1170. The summed E-state index contributed by atoms with van der Waals surface area (Å²) >= 11 is 5.70. The van der Waals surface area contributed by atoms with Gasteiger partial charge in [0.05, 0.1) is 18.7 Å². The fraction of sp³-hybridized carbons (Fsp3) is 0.292. The lowest BCUT2D eigenvalue weighted by atomic mass is 9.94. The van der Waals surface area contributed by atoms with Crippen LogP contribution in [0.2, 0.25) is 0 Å². The van der Waals surface area contributed by atoms with E-state index in [-0.39, 0.29) is 11.9 Å². The van der Waals surface area contributed by atoms with Crippen molar-refractivity contribution in [1.82, 2.24) is 20.4 Å². The number of nitrogens with one attached hydrogen (secondary N) is 1. The minimum absolute atomic E-state index is 0.304. The number of aromatic nitrogens is 2. The van der Waals surface area contributed by atoms with Crippen LogP contribution in [0.1, 0.15) is 38.3 Å². The topological polar surface area (TPSA) is 63.4 Å². The van der Waals surface area contributed by atoms with Crippen molar-refractivity contribution >= 4 is 22.9 Å². The van der Waals surface area contributed by atoms with Crippen molar-refractivity contribution in [1.29, 1.82) is 0 Å². The highest BCUT2D eigenvalue weighted by Crippen LogP contribution is 2.38. The van der Waals surface area contributed by atoms with E-state index in [9.17, 15) is 4.39 Å². The highest BCUT2D eigenvalue weighted by atomic mass is 32.1. The number of thiocarbonyl (C=S) groups is 1. The molecule has 0 bridgehead atoms. The molecule has 0 radical (unpaired) electrons. The third-order valence-corrected chi connectivity index (χ3v) is 5.65. The minimum Gasteiger partial charge on any atom is -0.497 e. The van der Waals surface area contributed by atoms with Gasteiger partial charge >= 0.3 is 0 Å². The Kier molecular flexibility index (Phi) is 6.23. The van der Waals surface area contributed by atoms with Crippen LogP contribution in [0.4, 0.5) is 4.39 Å². The number of nitrogens with zero attached hydrogens (tertiary/aromatic N) is 3. The third kappa shape index (κ3) is 4.36. The number of ether oxygens (including phenoxy) is 1. The Labute approximate surface area is 192 Å². The van der Waals surface area contributed by atoms with Crippen LogP contribution < -0.4 is 10.1 Å². The third-order valence-electron chi connectivity index (χ3n) is 5.31. The lowest BCUT2D eigenvalue weighted by molar-refractivity contribution is 0.385. The van der Waals surface area contributed by atoms with Crippen LogP contribution in [0, 0.1) is 11.7 Å². The van der Waals surface area contributed by atoms with Crippen molar-refractivity contribution in [3.8, 4) is 17.1 Å². The minimum atomic E-state index is -0.355. The summed E-state index contributed by atoms with van der Waals surface area (Å²) in [5.41, 5.74) is 3.26. The lowest BCUT2D eigenvalue weighted by Crippen LogP contribution is -2.47. The molecule has 166 valence electrons. The van der Waals surface area contributed by atoms with Gasteiger partial charge in [0.1, 0.15) is 11.6 Å². The maximum atomic E-state index is 13.7. The van der Waals surface area contributed by atoms with Gasteiger partial charge in [-0.25, -0.2) is 4.39 Å². The van der Waals surface area contributed by atoms with E-state index in [0.29, 0.717) is 28.3 Å². The molecule has 2 aromatic carbocycles. The molecule has 3 aromatic rings. The summed E-state index contributed by atoms with van der Waals surface area (Å²) in [5.74, 6) is 1.46. The van der Waals surface area contributed by atoms with Crippen molar-refractivity contribution < 1.29 is 13.7 Å². The summed E-state index contributed by atoms with van der Waals surface area (Å²) in [5, 5.41) is 8.18. The fourth-order valence-corrected chi connectivity index (χ4v) is 4.12. The van der Waals surface area contributed by atoms with Crippen LogP contribution in [0.15, 0.2) is 58.8 Å². The summed E-state index contributed by atoms with van der Waals surface area (Å²) < 4.78 is 24.8. The Balaban J connectivity index is 1.83. The molecule has 0 amide bonds. The van der Waals surface area contributed by atoms with Gasteiger partial charge in [0.15, 0.2) is 5.11 Å². The molecule has 8 heteroatoms. The van der Waals surface area contributed by atoms with E-state index in [1.807, 2.05) is 31.2 Å². The van der Waals surface area contributed by atoms with Crippen LogP contribution in [-0.2, 0) is 0 Å². The predicted octanol–water partition coefficient (Wildman–Crippen LogP) is 5.20. The van der Waals surface area contributed by atoms with Crippen molar-refractivity contribution in [2.24, 2.45) is 5.92 Å². The van der Waals surface area contributed by atoms with Crippen LogP contribution in [0.3, 0.4) is 0 Å². The summed E-state index contributed by atoms with van der Waals surface area (Å²) in [7, 11) is 1.63. The molecule has 0 saturated carbocycles. The van der Waals surface area contributed by atoms with E-state index >= 15 is 0 Å². The zero-order valence-corrected chi connectivity index (χ0v) is 19.2. The highest BCUT2D eigenvalue weighted by molar-refractivity contribution is 7.80. The van der Waals surface area contributed by atoms with Gasteiger partial charge in [-0.1, -0.05) is 43.3 Å². The number of hydrogen-bond donors (Lipinski definition) is 1. The van der Waals surface area contributed by atoms with Gasteiger partial charge in [0, 0.05) is 17.8 Å². The Morgan fingerprint density at radius 3 is 2.72 bits per heavy atom. The average Bonchev–Trinajstić information content (AvgIpc) is 3.26. The molecule has 32 heavy (non-hydrogen) atoms. The van der Waals surface area contributed by atoms with Gasteiger partial charge in [0.25, 0.3) is 5.89 Å². The second-order valence-electron chi connectivity index (χ2n) is 8.10. The van der Waals surface area contributed by atoms with Crippen molar-refractivity contribution in [3.05, 3.63) is 71.5 Å². The second-order valence-corrected chi connectivity index (χ2v) is 8.48. The van der Waals surface area contributed by atoms with Gasteiger partial charge in [0.2, 0.25) is 5.82 Å². The highest BCUT2D eigenvalue weighted by Gasteiger charge is 2.34. The summed E-state index contributed by atoms with van der Waals surface area (Å²) in [6.45, 7) is 7.03. The Morgan fingerprint density at radius 1 is 1.22 bits per heavy atom. The van der Waals surface area contributed by atoms with Gasteiger partial charge in [-0.15, -0.1) is 0 Å². The van der Waals surface area contributed by atoms with Gasteiger partial charge < -0.3 is 19.5 Å². The van der Waals surface area contributed by atoms with Crippen molar-refractivity contribution in [2.75, 3.05) is 13.7 Å². The number of methoxy groups -OCH3 is 1. The molecule has 6 nitrogen and oxygen atoms in total. The molecular formula is C24H25FN4O2S. The molecule has 2 heterocycles. The van der Waals surface area contributed by atoms with Crippen LogP contribution >= 0.6 is 12.2 Å².